The zero-order valence-corrected chi connectivity index (χ0v) is 23.6. The summed E-state index contributed by atoms with van der Waals surface area (Å²) in [4.78, 5) is 18.4. The number of aromatic nitrogens is 2. The first-order valence-corrected chi connectivity index (χ1v) is 14.1. The fourth-order valence-corrected chi connectivity index (χ4v) is 8.28. The Labute approximate surface area is 234 Å². The molecule has 0 amide bonds. The summed E-state index contributed by atoms with van der Waals surface area (Å²) in [5, 5.41) is 4.68. The van der Waals surface area contributed by atoms with Gasteiger partial charge < -0.3 is 13.8 Å². The van der Waals surface area contributed by atoms with Gasteiger partial charge in [-0.1, -0.05) is 36.4 Å². The lowest BCUT2D eigenvalue weighted by atomic mass is 9.85. The van der Waals surface area contributed by atoms with Gasteiger partial charge >= 0.3 is 7.12 Å². The van der Waals surface area contributed by atoms with Crippen molar-refractivity contribution in [2.75, 3.05) is 0 Å². The molecule has 160 valence electrons. The molecule has 0 bridgehead atoms. The molecule has 0 spiro atoms. The van der Waals surface area contributed by atoms with E-state index in [1.165, 1.54) is 32.6 Å². The molecule has 0 N–H and O–H groups in total. The summed E-state index contributed by atoms with van der Waals surface area (Å²) in [6, 6.07) is 19.4. The molecule has 5 aromatic rings. The lowest BCUT2D eigenvalue weighted by molar-refractivity contribution is 0.441. The van der Waals surface area contributed by atoms with Gasteiger partial charge in [-0.3, -0.25) is 0 Å². The molecule has 1 atom stereocenters. The molecule has 6 nitrogen and oxygen atoms in total. The largest absolute Gasteiger partial charge is 0.522 e. The Morgan fingerprint density at radius 3 is 2.29 bits per heavy atom. The number of rotatable bonds is 0. The normalized spacial score (nSPS) is 18.1. The van der Waals surface area contributed by atoms with Gasteiger partial charge in [0.05, 0.1) is 0 Å². The predicted octanol–water partition coefficient (Wildman–Crippen LogP) is 5.10. The van der Waals surface area contributed by atoms with Crippen molar-refractivity contribution in [2.24, 2.45) is 15.0 Å². The Hall–Kier alpha value is -1.94. The second kappa shape index (κ2) is 6.24. The van der Waals surface area contributed by atoms with Crippen LogP contribution >= 0.6 is 67.8 Å². The van der Waals surface area contributed by atoms with Crippen molar-refractivity contribution in [1.29, 1.82) is 0 Å². The number of halogens is 3. The third-order valence-electron chi connectivity index (χ3n) is 7.31. The molecular formula is C24H10BI3N6. The molecule has 0 radical (unpaired) electrons. The summed E-state index contributed by atoms with van der Waals surface area (Å²) in [6.45, 7) is 0. The standard InChI is InChI=1S/C24H10BI3N6/c26-13-7-1-4-10-16(13)22-30-21-12-6-3-9-15(28)18(12)24-31-23-17-11(5-2-8-14(17)27)20-29-19(10)32(22)25(33(20)23)34(21)24/h1-9,24H. The molecule has 3 aromatic carbocycles. The number of hydrogen-bond donors (Lipinski definition) is 0. The Morgan fingerprint density at radius 2 is 1.44 bits per heavy atom. The lowest BCUT2D eigenvalue weighted by Crippen LogP contribution is -2.63. The maximum absolute atomic E-state index is 5.40. The second-order valence-electron chi connectivity index (χ2n) is 8.86. The van der Waals surface area contributed by atoms with Crippen LogP contribution in [-0.4, -0.2) is 26.7 Å². The van der Waals surface area contributed by atoms with E-state index in [0.29, 0.717) is 0 Å². The van der Waals surface area contributed by atoms with Crippen LogP contribution in [0, 0.1) is 10.7 Å². The predicted molar refractivity (Wildman–Crippen MR) is 158 cm³/mol. The zero-order valence-electron chi connectivity index (χ0n) is 17.2. The Kier molecular flexibility index (Phi) is 3.54. The third kappa shape index (κ3) is 2.02. The van der Waals surface area contributed by atoms with Crippen molar-refractivity contribution < 1.29 is 0 Å². The molecule has 10 heteroatoms. The van der Waals surface area contributed by atoms with Crippen LogP contribution in [0.25, 0.3) is 21.5 Å². The summed E-state index contributed by atoms with van der Waals surface area (Å²) >= 11 is 7.32. The van der Waals surface area contributed by atoms with Crippen LogP contribution in [0.2, 0.25) is 0 Å². The monoisotopic (exact) mass is 774 g/mol. The number of benzene rings is 3. The van der Waals surface area contributed by atoms with E-state index in [9.17, 15) is 0 Å². The molecule has 6 heterocycles. The molecule has 1 unspecified atom stereocenters. The van der Waals surface area contributed by atoms with Gasteiger partial charge in [0.1, 0.15) is 34.6 Å². The highest BCUT2D eigenvalue weighted by Crippen LogP contribution is 2.49. The molecule has 34 heavy (non-hydrogen) atoms. The highest BCUT2D eigenvalue weighted by atomic mass is 127. The molecule has 2 aromatic heterocycles. The van der Waals surface area contributed by atoms with Gasteiger partial charge in [0, 0.05) is 43.4 Å². The van der Waals surface area contributed by atoms with E-state index in [-0.39, 0.29) is 13.3 Å². The fourth-order valence-electron chi connectivity index (χ4n) is 6.03. The van der Waals surface area contributed by atoms with Crippen LogP contribution in [0.15, 0.2) is 69.6 Å². The molecule has 9 rings (SSSR count). The minimum absolute atomic E-state index is 0.0860. The lowest BCUT2D eigenvalue weighted by Gasteiger charge is -2.39. The average Bonchev–Trinajstić information content (AvgIpc) is 3.46. The fraction of sp³-hybridized carbons (Fsp3) is 0.0417. The summed E-state index contributed by atoms with van der Waals surface area (Å²) in [5.74, 6) is 2.99. The summed E-state index contributed by atoms with van der Waals surface area (Å²) in [7, 11) is -0.0860. The van der Waals surface area contributed by atoms with E-state index in [2.05, 4.69) is 136 Å². The van der Waals surface area contributed by atoms with Gasteiger partial charge in [0.2, 0.25) is 0 Å². The van der Waals surface area contributed by atoms with Gasteiger partial charge in [-0.05, 0) is 86.0 Å². The van der Waals surface area contributed by atoms with Gasteiger partial charge in [-0.25, -0.2) is 15.0 Å². The number of hydrogen-bond acceptors (Lipinski definition) is 4. The van der Waals surface area contributed by atoms with E-state index in [4.69, 9.17) is 15.0 Å². The highest BCUT2D eigenvalue weighted by molar-refractivity contribution is 14.1. The Balaban J connectivity index is 1.60. The van der Waals surface area contributed by atoms with Crippen molar-refractivity contribution >= 4 is 114 Å². The summed E-state index contributed by atoms with van der Waals surface area (Å²) in [5.41, 5.74) is 4.44. The van der Waals surface area contributed by atoms with E-state index >= 15 is 0 Å². The van der Waals surface area contributed by atoms with Crippen LogP contribution in [0.4, 0.5) is 11.6 Å². The first-order valence-electron chi connectivity index (χ1n) is 10.9. The van der Waals surface area contributed by atoms with Crippen molar-refractivity contribution in [3.63, 3.8) is 0 Å². The zero-order chi connectivity index (χ0) is 22.5. The van der Waals surface area contributed by atoms with Crippen molar-refractivity contribution in [1.82, 2.24) is 13.8 Å². The Morgan fingerprint density at radius 1 is 0.706 bits per heavy atom. The van der Waals surface area contributed by atoms with Crippen molar-refractivity contribution in [3.05, 3.63) is 87.4 Å². The van der Waals surface area contributed by atoms with E-state index in [1.807, 2.05) is 0 Å². The SMILES string of the molecule is Ic1cccc2c1C1N=c3c4c(I)cccc4c4n3B3N1C2=Nc1c2c(I)cccc2c(n13)N=4. The number of fused-ring (bicyclic) bond motifs is 9. The maximum atomic E-state index is 5.40. The quantitative estimate of drug-likeness (QED) is 0.160. The number of nitrogens with zero attached hydrogens (tertiary/aromatic N) is 6. The van der Waals surface area contributed by atoms with Gasteiger partial charge in [0.25, 0.3) is 0 Å². The first kappa shape index (κ1) is 19.3. The number of aliphatic imine (C=N–C) groups is 1. The van der Waals surface area contributed by atoms with Crippen LogP contribution in [0.5, 0.6) is 0 Å². The van der Waals surface area contributed by atoms with Crippen molar-refractivity contribution in [3.8, 4) is 0 Å². The van der Waals surface area contributed by atoms with Crippen LogP contribution in [-0.2, 0) is 0 Å². The van der Waals surface area contributed by atoms with Crippen LogP contribution in [0.3, 0.4) is 0 Å². The van der Waals surface area contributed by atoms with Gasteiger partial charge in [-0.2, -0.15) is 0 Å². The van der Waals surface area contributed by atoms with Gasteiger partial charge in [-0.15, -0.1) is 0 Å². The van der Waals surface area contributed by atoms with Crippen LogP contribution < -0.4 is 11.0 Å². The molecule has 0 saturated carbocycles. The summed E-state index contributed by atoms with van der Waals surface area (Å²) < 4.78 is 8.29. The summed E-state index contributed by atoms with van der Waals surface area (Å²) in [6.07, 6.45) is -0.106. The minimum Gasteiger partial charge on any atom is -0.334 e. The topological polar surface area (TPSA) is 50.2 Å². The average molecular weight is 774 g/mol. The van der Waals surface area contributed by atoms with E-state index < -0.39 is 0 Å². The van der Waals surface area contributed by atoms with E-state index in [1.54, 1.807) is 0 Å². The van der Waals surface area contributed by atoms with Gasteiger partial charge in [0.15, 0.2) is 0 Å². The smallest absolute Gasteiger partial charge is 0.334 e. The molecular weight excluding hydrogens is 764 g/mol. The highest BCUT2D eigenvalue weighted by Gasteiger charge is 2.53. The second-order valence-corrected chi connectivity index (χ2v) is 12.4. The van der Waals surface area contributed by atoms with E-state index in [0.717, 1.165) is 39.2 Å². The maximum Gasteiger partial charge on any atom is 0.522 e. The van der Waals surface area contributed by atoms with Crippen LogP contribution in [0.1, 0.15) is 17.3 Å². The molecule has 0 saturated heterocycles. The molecule has 0 fully saturated rings. The van der Waals surface area contributed by atoms with Crippen molar-refractivity contribution in [2.45, 2.75) is 6.17 Å². The first-order chi connectivity index (χ1) is 16.6. The molecule has 0 aliphatic carbocycles. The minimum atomic E-state index is -0.106. The Bertz CT molecular complexity index is 1990. The molecule has 4 aliphatic rings. The number of amidine groups is 1. The third-order valence-corrected chi connectivity index (χ3v) is 10.0. The molecule has 4 aliphatic heterocycles.